The minimum atomic E-state index is 0. The molecule has 0 bridgehead atoms. The van der Waals surface area contributed by atoms with E-state index in [1.54, 1.807) is 0 Å². The van der Waals surface area contributed by atoms with Crippen molar-refractivity contribution in [2.75, 3.05) is 40.3 Å². The van der Waals surface area contributed by atoms with Gasteiger partial charge in [-0.3, -0.25) is 4.99 Å². The summed E-state index contributed by atoms with van der Waals surface area (Å²) in [6.07, 6.45) is 5.27. The maximum absolute atomic E-state index is 6.07. The van der Waals surface area contributed by atoms with Crippen molar-refractivity contribution in [2.24, 2.45) is 16.1 Å². The Morgan fingerprint density at radius 1 is 1.16 bits per heavy atom. The second kappa shape index (κ2) is 9.00. The average Bonchev–Trinajstić information content (AvgIpc) is 2.76. The van der Waals surface area contributed by atoms with Crippen molar-refractivity contribution in [3.05, 3.63) is 0 Å². The molecular weight excluding hydrogens is 351 g/mol. The van der Waals surface area contributed by atoms with Gasteiger partial charge >= 0.3 is 0 Å². The summed E-state index contributed by atoms with van der Waals surface area (Å²) in [4.78, 5) is 9.08. The van der Waals surface area contributed by atoms with E-state index in [9.17, 15) is 0 Å². The van der Waals surface area contributed by atoms with Crippen molar-refractivity contribution in [2.45, 2.75) is 39.5 Å². The molecule has 19 heavy (non-hydrogen) atoms. The summed E-state index contributed by atoms with van der Waals surface area (Å²) in [6.45, 7) is 8.13. The zero-order chi connectivity index (χ0) is 13.6. The van der Waals surface area contributed by atoms with Gasteiger partial charge in [0.1, 0.15) is 0 Å². The fourth-order valence-corrected chi connectivity index (χ4v) is 3.06. The van der Waals surface area contributed by atoms with Crippen LogP contribution in [0.1, 0.15) is 39.5 Å². The summed E-state index contributed by atoms with van der Waals surface area (Å²) in [6, 6.07) is 0. The number of rotatable bonds is 6. The third-order valence-electron chi connectivity index (χ3n) is 3.98. The number of hydrogen-bond acceptors (Lipinski definition) is 2. The molecule has 0 aliphatic heterocycles. The number of guanidine groups is 1. The van der Waals surface area contributed by atoms with Gasteiger partial charge in [0.05, 0.1) is 0 Å². The maximum Gasteiger partial charge on any atom is 0.191 e. The van der Waals surface area contributed by atoms with E-state index in [-0.39, 0.29) is 24.0 Å². The molecule has 0 spiro atoms. The summed E-state index contributed by atoms with van der Waals surface area (Å²) >= 11 is 0. The Morgan fingerprint density at radius 2 is 1.68 bits per heavy atom. The molecule has 1 aliphatic rings. The molecule has 1 aliphatic carbocycles. The van der Waals surface area contributed by atoms with Gasteiger partial charge in [0.25, 0.3) is 0 Å². The zero-order valence-corrected chi connectivity index (χ0v) is 15.3. The van der Waals surface area contributed by atoms with Crippen LogP contribution in [0.5, 0.6) is 0 Å². The van der Waals surface area contributed by atoms with E-state index in [4.69, 9.17) is 5.73 Å². The van der Waals surface area contributed by atoms with E-state index in [0.717, 1.165) is 26.2 Å². The number of hydrogen-bond donors (Lipinski definition) is 1. The van der Waals surface area contributed by atoms with E-state index < -0.39 is 0 Å². The first-order valence-corrected chi connectivity index (χ1v) is 7.22. The molecule has 0 radical (unpaired) electrons. The molecule has 114 valence electrons. The Labute approximate surface area is 135 Å². The summed E-state index contributed by atoms with van der Waals surface area (Å²) in [5.41, 5.74) is 6.43. The average molecular weight is 382 g/mol. The Morgan fingerprint density at radius 3 is 2.11 bits per heavy atom. The molecule has 5 heteroatoms. The van der Waals surface area contributed by atoms with Crippen molar-refractivity contribution < 1.29 is 0 Å². The lowest BCUT2D eigenvalue weighted by Gasteiger charge is -2.31. The van der Waals surface area contributed by atoms with E-state index in [1.165, 1.54) is 25.7 Å². The molecule has 0 heterocycles. The quantitative estimate of drug-likeness (QED) is 0.436. The fraction of sp³-hybridized carbons (Fsp3) is 0.929. The van der Waals surface area contributed by atoms with Crippen LogP contribution in [0.3, 0.4) is 0 Å². The minimum Gasteiger partial charge on any atom is -0.370 e. The first kappa shape index (κ1) is 19.0. The third-order valence-corrected chi connectivity index (χ3v) is 3.98. The van der Waals surface area contributed by atoms with Crippen LogP contribution in [-0.2, 0) is 0 Å². The van der Waals surface area contributed by atoms with Gasteiger partial charge < -0.3 is 15.5 Å². The van der Waals surface area contributed by atoms with Crippen LogP contribution in [0, 0.1) is 5.41 Å². The van der Waals surface area contributed by atoms with Gasteiger partial charge in [-0.25, -0.2) is 0 Å². The number of nitrogens with two attached hydrogens (primary N) is 1. The van der Waals surface area contributed by atoms with Crippen LogP contribution in [0.2, 0.25) is 0 Å². The standard InChI is InChI=1S/C14H30N4.HI/c1-5-18(6-2)13(15)16-11-14(12-17(3)4)9-7-8-10-14;/h5-12H2,1-4H3,(H2,15,16);1H. The molecule has 1 saturated carbocycles. The second-order valence-corrected chi connectivity index (χ2v) is 5.79. The lowest BCUT2D eigenvalue weighted by Crippen LogP contribution is -2.39. The van der Waals surface area contributed by atoms with Gasteiger partial charge in [-0.2, -0.15) is 0 Å². The number of halogens is 1. The van der Waals surface area contributed by atoms with Crippen LogP contribution in [0.25, 0.3) is 0 Å². The summed E-state index contributed by atoms with van der Waals surface area (Å²) < 4.78 is 0. The van der Waals surface area contributed by atoms with Gasteiger partial charge in [0.15, 0.2) is 5.96 Å². The highest BCUT2D eigenvalue weighted by Gasteiger charge is 2.34. The molecule has 0 aromatic carbocycles. The van der Waals surface area contributed by atoms with Crippen LogP contribution < -0.4 is 5.73 Å². The monoisotopic (exact) mass is 382 g/mol. The fourth-order valence-electron chi connectivity index (χ4n) is 3.06. The van der Waals surface area contributed by atoms with E-state index in [2.05, 4.69) is 42.7 Å². The molecular formula is C14H31IN4. The molecule has 2 N–H and O–H groups in total. The number of nitrogens with zero attached hydrogens (tertiary/aromatic N) is 3. The van der Waals surface area contributed by atoms with Crippen molar-refractivity contribution >= 4 is 29.9 Å². The molecule has 0 saturated heterocycles. The van der Waals surface area contributed by atoms with E-state index in [0.29, 0.717) is 11.4 Å². The van der Waals surface area contributed by atoms with Gasteiger partial charge in [-0.15, -0.1) is 24.0 Å². The Bertz CT molecular complexity index is 269. The molecule has 4 nitrogen and oxygen atoms in total. The second-order valence-electron chi connectivity index (χ2n) is 5.79. The lowest BCUT2D eigenvalue weighted by atomic mass is 9.86. The van der Waals surface area contributed by atoms with Crippen molar-refractivity contribution in [1.29, 1.82) is 0 Å². The van der Waals surface area contributed by atoms with E-state index in [1.807, 2.05) is 0 Å². The highest BCUT2D eigenvalue weighted by Crippen LogP contribution is 2.38. The van der Waals surface area contributed by atoms with Crippen LogP contribution in [0.4, 0.5) is 0 Å². The van der Waals surface area contributed by atoms with Crippen LogP contribution >= 0.6 is 24.0 Å². The Kier molecular flexibility index (Phi) is 8.98. The predicted octanol–water partition coefficient (Wildman–Crippen LogP) is 2.38. The maximum atomic E-state index is 6.07. The predicted molar refractivity (Wildman–Crippen MR) is 94.3 cm³/mol. The van der Waals surface area contributed by atoms with Crippen molar-refractivity contribution in [1.82, 2.24) is 9.80 Å². The largest absolute Gasteiger partial charge is 0.370 e. The molecule has 0 aromatic heterocycles. The highest BCUT2D eigenvalue weighted by molar-refractivity contribution is 14.0. The molecule has 0 atom stereocenters. The van der Waals surface area contributed by atoms with Crippen molar-refractivity contribution in [3.63, 3.8) is 0 Å². The first-order valence-electron chi connectivity index (χ1n) is 7.22. The molecule has 1 fully saturated rings. The molecule has 0 unspecified atom stereocenters. The third kappa shape index (κ3) is 5.85. The normalized spacial score (nSPS) is 18.5. The van der Waals surface area contributed by atoms with Crippen LogP contribution in [-0.4, -0.2) is 56.0 Å². The van der Waals surface area contributed by atoms with Gasteiger partial charge in [-0.05, 0) is 40.8 Å². The van der Waals surface area contributed by atoms with Gasteiger partial charge in [-0.1, -0.05) is 12.8 Å². The van der Waals surface area contributed by atoms with Crippen LogP contribution in [0.15, 0.2) is 4.99 Å². The van der Waals surface area contributed by atoms with E-state index >= 15 is 0 Å². The Balaban J connectivity index is 0.00000324. The summed E-state index contributed by atoms with van der Waals surface area (Å²) in [7, 11) is 4.30. The Hall–Kier alpha value is -0.0400. The van der Waals surface area contributed by atoms with Crippen molar-refractivity contribution in [3.8, 4) is 0 Å². The topological polar surface area (TPSA) is 44.9 Å². The summed E-state index contributed by atoms with van der Waals surface area (Å²) in [5.74, 6) is 0.713. The highest BCUT2D eigenvalue weighted by atomic mass is 127. The minimum absolute atomic E-state index is 0. The molecule has 0 amide bonds. The first-order chi connectivity index (χ1) is 8.53. The number of aliphatic imine (C=N–C) groups is 1. The molecule has 1 rings (SSSR count). The SMILES string of the molecule is CCN(CC)C(N)=NCC1(CN(C)C)CCCC1.I. The van der Waals surface area contributed by atoms with Gasteiger partial charge in [0, 0.05) is 31.6 Å². The lowest BCUT2D eigenvalue weighted by molar-refractivity contribution is 0.209. The van der Waals surface area contributed by atoms with Gasteiger partial charge in [0.2, 0.25) is 0 Å². The zero-order valence-electron chi connectivity index (χ0n) is 13.0. The smallest absolute Gasteiger partial charge is 0.191 e. The molecule has 0 aromatic rings. The summed E-state index contributed by atoms with van der Waals surface area (Å²) in [5, 5.41) is 0.